The van der Waals surface area contributed by atoms with Gasteiger partial charge in [-0.2, -0.15) is 0 Å². The van der Waals surface area contributed by atoms with Crippen molar-refractivity contribution in [1.82, 2.24) is 5.32 Å². The van der Waals surface area contributed by atoms with Gasteiger partial charge < -0.3 is 11.1 Å². The van der Waals surface area contributed by atoms with Crippen molar-refractivity contribution in [2.45, 2.75) is 52.0 Å². The summed E-state index contributed by atoms with van der Waals surface area (Å²) in [6.45, 7) is 8.56. The highest BCUT2D eigenvalue weighted by Crippen LogP contribution is 2.33. The fourth-order valence-corrected chi connectivity index (χ4v) is 1.68. The van der Waals surface area contributed by atoms with Crippen LogP contribution < -0.4 is 11.1 Å². The van der Waals surface area contributed by atoms with Gasteiger partial charge in [0, 0.05) is 12.1 Å². The maximum atomic E-state index is 5.80. The maximum Gasteiger partial charge on any atom is 0.0298 e. The molecule has 1 saturated carbocycles. The van der Waals surface area contributed by atoms with Crippen molar-refractivity contribution >= 4 is 0 Å². The van der Waals surface area contributed by atoms with Crippen LogP contribution in [0.25, 0.3) is 0 Å². The molecule has 0 aromatic heterocycles. The van der Waals surface area contributed by atoms with Crippen LogP contribution in [0.5, 0.6) is 0 Å². The highest BCUT2D eigenvalue weighted by atomic mass is 15.0. The third-order valence-corrected chi connectivity index (χ3v) is 3.71. The zero-order valence-electron chi connectivity index (χ0n) is 9.97. The molecule has 0 bridgehead atoms. The first-order valence-electron chi connectivity index (χ1n) is 6.03. The summed E-state index contributed by atoms with van der Waals surface area (Å²) in [6, 6.07) is 0. The van der Waals surface area contributed by atoms with Crippen LogP contribution in [-0.2, 0) is 0 Å². The van der Waals surface area contributed by atoms with Crippen LogP contribution >= 0.6 is 0 Å². The lowest BCUT2D eigenvalue weighted by Gasteiger charge is -2.33. The zero-order chi connectivity index (χ0) is 10.6. The lowest BCUT2D eigenvalue weighted by atomic mass is 9.88. The Morgan fingerprint density at radius 1 is 1.43 bits per heavy atom. The molecule has 0 heterocycles. The van der Waals surface area contributed by atoms with Gasteiger partial charge in [-0.05, 0) is 38.1 Å². The van der Waals surface area contributed by atoms with Crippen molar-refractivity contribution in [3.8, 4) is 0 Å². The van der Waals surface area contributed by atoms with E-state index in [2.05, 4.69) is 26.1 Å². The molecule has 1 unspecified atom stereocenters. The molecule has 0 radical (unpaired) electrons. The van der Waals surface area contributed by atoms with E-state index in [1.807, 2.05) is 0 Å². The minimum Gasteiger partial charge on any atom is -0.329 e. The first kappa shape index (κ1) is 12.0. The molecule has 0 aliphatic heterocycles. The Hall–Kier alpha value is -0.0800. The second kappa shape index (κ2) is 5.13. The van der Waals surface area contributed by atoms with E-state index in [-0.39, 0.29) is 5.54 Å². The molecule has 0 spiro atoms. The predicted octanol–water partition coefficient (Wildman–Crippen LogP) is 2.14. The summed E-state index contributed by atoms with van der Waals surface area (Å²) in [5.74, 6) is 1.66. The Labute approximate surface area is 88.6 Å². The van der Waals surface area contributed by atoms with E-state index in [0.29, 0.717) is 5.92 Å². The van der Waals surface area contributed by atoms with Gasteiger partial charge in [0.15, 0.2) is 0 Å². The van der Waals surface area contributed by atoms with Crippen LogP contribution in [0.1, 0.15) is 46.5 Å². The third kappa shape index (κ3) is 3.58. The highest BCUT2D eigenvalue weighted by molar-refractivity contribution is 4.87. The molecule has 1 atom stereocenters. The van der Waals surface area contributed by atoms with Crippen molar-refractivity contribution < 1.29 is 0 Å². The van der Waals surface area contributed by atoms with Gasteiger partial charge in [0.05, 0.1) is 0 Å². The standard InChI is InChI=1S/C12H26N2/c1-10(2)12(3,9-13)14-8-4-5-11-6-7-11/h10-11,14H,4-9,13H2,1-3H3. The van der Waals surface area contributed by atoms with Crippen LogP contribution in [0.15, 0.2) is 0 Å². The molecule has 0 aromatic rings. The quantitative estimate of drug-likeness (QED) is 0.615. The van der Waals surface area contributed by atoms with Crippen LogP contribution in [0.3, 0.4) is 0 Å². The molecule has 2 nitrogen and oxygen atoms in total. The van der Waals surface area contributed by atoms with Crippen LogP contribution in [0.4, 0.5) is 0 Å². The molecule has 1 aliphatic rings. The van der Waals surface area contributed by atoms with Gasteiger partial charge >= 0.3 is 0 Å². The maximum absolute atomic E-state index is 5.80. The Morgan fingerprint density at radius 2 is 2.07 bits per heavy atom. The predicted molar refractivity (Wildman–Crippen MR) is 62.3 cm³/mol. The summed E-state index contributed by atoms with van der Waals surface area (Å²) >= 11 is 0. The molecule has 2 heteroatoms. The molecule has 1 rings (SSSR count). The summed E-state index contributed by atoms with van der Waals surface area (Å²) in [6.07, 6.45) is 5.66. The molecule has 0 amide bonds. The molecular formula is C12H26N2. The van der Waals surface area contributed by atoms with Gasteiger partial charge in [0.2, 0.25) is 0 Å². The van der Waals surface area contributed by atoms with Gasteiger partial charge in [0.1, 0.15) is 0 Å². The minimum atomic E-state index is 0.129. The number of nitrogens with one attached hydrogen (secondary N) is 1. The van der Waals surface area contributed by atoms with Gasteiger partial charge in [-0.15, -0.1) is 0 Å². The molecular weight excluding hydrogens is 172 g/mol. The van der Waals surface area contributed by atoms with E-state index in [0.717, 1.165) is 19.0 Å². The summed E-state index contributed by atoms with van der Waals surface area (Å²) in [5.41, 5.74) is 5.93. The number of nitrogens with two attached hydrogens (primary N) is 1. The second-order valence-electron chi connectivity index (χ2n) is 5.29. The number of hydrogen-bond acceptors (Lipinski definition) is 2. The fraction of sp³-hybridized carbons (Fsp3) is 1.00. The molecule has 1 aliphatic carbocycles. The average molecular weight is 198 g/mol. The highest BCUT2D eigenvalue weighted by Gasteiger charge is 2.26. The number of rotatable bonds is 7. The molecule has 1 fully saturated rings. The van der Waals surface area contributed by atoms with Gasteiger partial charge in [-0.25, -0.2) is 0 Å². The fourth-order valence-electron chi connectivity index (χ4n) is 1.68. The van der Waals surface area contributed by atoms with Gasteiger partial charge in [0.25, 0.3) is 0 Å². The van der Waals surface area contributed by atoms with Crippen molar-refractivity contribution in [1.29, 1.82) is 0 Å². The van der Waals surface area contributed by atoms with Crippen molar-refractivity contribution in [2.24, 2.45) is 17.6 Å². The third-order valence-electron chi connectivity index (χ3n) is 3.71. The Morgan fingerprint density at radius 3 is 2.50 bits per heavy atom. The minimum absolute atomic E-state index is 0.129. The van der Waals surface area contributed by atoms with Crippen molar-refractivity contribution in [3.05, 3.63) is 0 Å². The van der Waals surface area contributed by atoms with E-state index in [4.69, 9.17) is 5.73 Å². The van der Waals surface area contributed by atoms with Crippen molar-refractivity contribution in [3.63, 3.8) is 0 Å². The Kier molecular flexibility index (Phi) is 4.39. The first-order valence-corrected chi connectivity index (χ1v) is 6.03. The van der Waals surface area contributed by atoms with E-state index >= 15 is 0 Å². The van der Waals surface area contributed by atoms with Crippen LogP contribution in [-0.4, -0.2) is 18.6 Å². The average Bonchev–Trinajstić information content (AvgIpc) is 2.95. The molecule has 14 heavy (non-hydrogen) atoms. The molecule has 3 N–H and O–H groups in total. The van der Waals surface area contributed by atoms with E-state index in [1.54, 1.807) is 0 Å². The Bertz CT molecular complexity index is 164. The number of hydrogen-bond donors (Lipinski definition) is 2. The summed E-state index contributed by atoms with van der Waals surface area (Å²) < 4.78 is 0. The molecule has 0 saturated heterocycles. The summed E-state index contributed by atoms with van der Waals surface area (Å²) in [5, 5.41) is 3.60. The monoisotopic (exact) mass is 198 g/mol. The lowest BCUT2D eigenvalue weighted by Crippen LogP contribution is -2.52. The summed E-state index contributed by atoms with van der Waals surface area (Å²) in [7, 11) is 0. The van der Waals surface area contributed by atoms with Crippen LogP contribution in [0, 0.1) is 11.8 Å². The first-order chi connectivity index (χ1) is 6.58. The largest absolute Gasteiger partial charge is 0.329 e. The Balaban J connectivity index is 2.12. The topological polar surface area (TPSA) is 38.0 Å². The van der Waals surface area contributed by atoms with Crippen molar-refractivity contribution in [2.75, 3.05) is 13.1 Å². The normalized spacial score (nSPS) is 21.2. The van der Waals surface area contributed by atoms with E-state index in [9.17, 15) is 0 Å². The lowest BCUT2D eigenvalue weighted by molar-refractivity contribution is 0.267. The molecule has 84 valence electrons. The van der Waals surface area contributed by atoms with Gasteiger partial charge in [-0.3, -0.25) is 0 Å². The smallest absolute Gasteiger partial charge is 0.0298 e. The summed E-state index contributed by atoms with van der Waals surface area (Å²) in [4.78, 5) is 0. The van der Waals surface area contributed by atoms with E-state index in [1.165, 1.54) is 25.7 Å². The van der Waals surface area contributed by atoms with Crippen LogP contribution in [0.2, 0.25) is 0 Å². The molecule has 0 aromatic carbocycles. The second-order valence-corrected chi connectivity index (χ2v) is 5.29. The zero-order valence-corrected chi connectivity index (χ0v) is 9.97. The SMILES string of the molecule is CC(C)C(C)(CN)NCCCC1CC1. The van der Waals surface area contributed by atoms with E-state index < -0.39 is 0 Å². The van der Waals surface area contributed by atoms with Gasteiger partial charge in [-0.1, -0.05) is 26.7 Å².